The third-order valence-corrected chi connectivity index (χ3v) is 0.916. The fourth-order valence-electron chi connectivity index (χ4n) is 0.263. The van der Waals surface area contributed by atoms with Crippen LogP contribution < -0.4 is 0 Å². The minimum atomic E-state index is -0.991. The molecular weight excluding hydrogens is 156 g/mol. The molecule has 0 aliphatic rings. The highest BCUT2D eigenvalue weighted by Gasteiger charge is 2.07. The minimum Gasteiger partial charge on any atom is -0.464 e. The highest BCUT2D eigenvalue weighted by atomic mass is 16.5. The molecule has 0 heterocycles. The smallest absolute Gasteiger partial charge is 0.334 e. The summed E-state index contributed by atoms with van der Waals surface area (Å²) < 4.78 is 4.41. The zero-order valence-electron chi connectivity index (χ0n) is 8.04. The second-order valence-electron chi connectivity index (χ2n) is 2.12. The molecule has 1 atom stereocenters. The monoisotopic (exact) mass is 174 g/mol. The van der Waals surface area contributed by atoms with E-state index >= 15 is 0 Å². The van der Waals surface area contributed by atoms with Gasteiger partial charge in [0.1, 0.15) is 6.10 Å². The van der Waals surface area contributed by atoms with Gasteiger partial charge in [-0.25, -0.2) is 4.79 Å². The first-order valence-electron chi connectivity index (χ1n) is 4.05. The molecule has 0 saturated heterocycles. The van der Waals surface area contributed by atoms with E-state index in [1.807, 2.05) is 6.08 Å². The maximum atomic E-state index is 10.3. The molecule has 12 heavy (non-hydrogen) atoms. The lowest BCUT2D eigenvalue weighted by Gasteiger charge is -2.01. The Balaban J connectivity index is 0. The van der Waals surface area contributed by atoms with E-state index in [-0.39, 0.29) is 0 Å². The van der Waals surface area contributed by atoms with Crippen molar-refractivity contribution in [2.75, 3.05) is 6.61 Å². The van der Waals surface area contributed by atoms with Gasteiger partial charge in [0.05, 0.1) is 6.61 Å². The van der Waals surface area contributed by atoms with Crippen molar-refractivity contribution >= 4 is 5.97 Å². The number of hydrogen-bond acceptors (Lipinski definition) is 3. The van der Waals surface area contributed by atoms with E-state index in [0.717, 1.165) is 6.42 Å². The van der Waals surface area contributed by atoms with Gasteiger partial charge in [-0.3, -0.25) is 0 Å². The summed E-state index contributed by atoms with van der Waals surface area (Å²) in [7, 11) is 0. The van der Waals surface area contributed by atoms with Crippen molar-refractivity contribution in [2.45, 2.75) is 33.3 Å². The number of rotatable bonds is 3. The maximum Gasteiger partial charge on any atom is 0.334 e. The van der Waals surface area contributed by atoms with Crippen molar-refractivity contribution in [2.24, 2.45) is 0 Å². The van der Waals surface area contributed by atoms with Gasteiger partial charge in [-0.1, -0.05) is 13.0 Å². The van der Waals surface area contributed by atoms with Crippen molar-refractivity contribution in [1.29, 1.82) is 0 Å². The summed E-state index contributed by atoms with van der Waals surface area (Å²) in [6, 6.07) is 0. The molecule has 1 N–H and O–H groups in total. The van der Waals surface area contributed by atoms with Crippen molar-refractivity contribution in [3.05, 3.63) is 12.7 Å². The standard InChI is InChI=1S/C5H10O3.C4H8/c1-3-8-5(7)4(2)6;1-3-4-2/h4,6H,3H2,1-2H3;3H,1,4H2,2H3. The lowest BCUT2D eigenvalue weighted by atomic mass is 10.4. The van der Waals surface area contributed by atoms with Crippen LogP contribution in [0.5, 0.6) is 0 Å². The van der Waals surface area contributed by atoms with Crippen LogP contribution in [0.1, 0.15) is 27.2 Å². The molecule has 0 spiro atoms. The fourth-order valence-corrected chi connectivity index (χ4v) is 0.263. The Labute approximate surface area is 74.0 Å². The Hall–Kier alpha value is -0.830. The van der Waals surface area contributed by atoms with Gasteiger partial charge in [-0.15, -0.1) is 6.58 Å². The number of aliphatic hydroxyl groups is 1. The van der Waals surface area contributed by atoms with Crippen LogP contribution in [0, 0.1) is 0 Å². The third kappa shape index (κ3) is 11.9. The average Bonchev–Trinajstić information content (AvgIpc) is 2.05. The third-order valence-electron chi connectivity index (χ3n) is 0.916. The van der Waals surface area contributed by atoms with E-state index < -0.39 is 12.1 Å². The van der Waals surface area contributed by atoms with Crippen LogP contribution in [-0.2, 0) is 9.53 Å². The Morgan fingerprint density at radius 1 is 1.67 bits per heavy atom. The average molecular weight is 174 g/mol. The molecule has 0 aromatic heterocycles. The van der Waals surface area contributed by atoms with Gasteiger partial charge in [0, 0.05) is 0 Å². The lowest BCUT2D eigenvalue weighted by molar-refractivity contribution is -0.151. The molecule has 3 nitrogen and oxygen atoms in total. The Morgan fingerprint density at radius 3 is 2.17 bits per heavy atom. The first kappa shape index (κ1) is 13.7. The molecule has 0 bridgehead atoms. The largest absolute Gasteiger partial charge is 0.464 e. The normalized spacial score (nSPS) is 10.7. The van der Waals surface area contributed by atoms with Crippen molar-refractivity contribution in [1.82, 2.24) is 0 Å². The summed E-state index contributed by atoms with van der Waals surface area (Å²) in [6.45, 7) is 8.93. The highest BCUT2D eigenvalue weighted by Crippen LogP contribution is 1.84. The van der Waals surface area contributed by atoms with E-state index in [4.69, 9.17) is 5.11 Å². The van der Waals surface area contributed by atoms with E-state index in [9.17, 15) is 4.79 Å². The molecule has 72 valence electrons. The van der Waals surface area contributed by atoms with Gasteiger partial charge in [-0.05, 0) is 20.3 Å². The molecule has 0 radical (unpaired) electrons. The summed E-state index contributed by atoms with van der Waals surface area (Å²) >= 11 is 0. The van der Waals surface area contributed by atoms with Crippen LogP contribution in [0.3, 0.4) is 0 Å². The van der Waals surface area contributed by atoms with Gasteiger partial charge < -0.3 is 9.84 Å². The predicted octanol–water partition coefficient (Wildman–Crippen LogP) is 1.51. The van der Waals surface area contributed by atoms with E-state index in [1.165, 1.54) is 6.92 Å². The molecule has 0 aromatic rings. The van der Waals surface area contributed by atoms with Gasteiger partial charge in [0.2, 0.25) is 0 Å². The number of ether oxygens (including phenoxy) is 1. The van der Waals surface area contributed by atoms with Gasteiger partial charge in [0.25, 0.3) is 0 Å². The molecule has 0 saturated carbocycles. The quantitative estimate of drug-likeness (QED) is 0.521. The van der Waals surface area contributed by atoms with Crippen LogP contribution in [0.15, 0.2) is 12.7 Å². The SMILES string of the molecule is C=CCC.CCOC(=O)C(C)O. The van der Waals surface area contributed by atoms with Crippen molar-refractivity contribution < 1.29 is 14.6 Å². The molecule has 0 aliphatic carbocycles. The van der Waals surface area contributed by atoms with Gasteiger partial charge >= 0.3 is 5.97 Å². The summed E-state index contributed by atoms with van der Waals surface area (Å²) in [6.07, 6.45) is 1.97. The van der Waals surface area contributed by atoms with Gasteiger partial charge in [0.15, 0.2) is 0 Å². The van der Waals surface area contributed by atoms with Crippen molar-refractivity contribution in [3.8, 4) is 0 Å². The Kier molecular flexibility index (Phi) is 11.6. The van der Waals surface area contributed by atoms with Crippen LogP contribution in [0.25, 0.3) is 0 Å². The number of hydrogen-bond donors (Lipinski definition) is 1. The van der Waals surface area contributed by atoms with Crippen molar-refractivity contribution in [3.63, 3.8) is 0 Å². The van der Waals surface area contributed by atoms with Crippen LogP contribution in [-0.4, -0.2) is 23.8 Å². The number of esters is 1. The number of allylic oxidation sites excluding steroid dienone is 1. The second kappa shape index (κ2) is 10.2. The summed E-state index contributed by atoms with van der Waals surface area (Å²) in [5, 5.41) is 8.48. The minimum absolute atomic E-state index is 0.323. The molecule has 0 rings (SSSR count). The molecule has 3 heteroatoms. The highest BCUT2D eigenvalue weighted by molar-refractivity contribution is 5.73. The van der Waals surface area contributed by atoms with Crippen LogP contribution >= 0.6 is 0 Å². The zero-order chi connectivity index (χ0) is 9.98. The second-order valence-corrected chi connectivity index (χ2v) is 2.12. The predicted molar refractivity (Wildman–Crippen MR) is 48.8 cm³/mol. The first-order chi connectivity index (χ1) is 5.59. The first-order valence-corrected chi connectivity index (χ1v) is 4.05. The Bertz CT molecular complexity index is 119. The van der Waals surface area contributed by atoms with Gasteiger partial charge in [-0.2, -0.15) is 0 Å². The fraction of sp³-hybridized carbons (Fsp3) is 0.667. The summed E-state index contributed by atoms with van der Waals surface area (Å²) in [5.74, 6) is -0.562. The Morgan fingerprint density at radius 2 is 2.08 bits per heavy atom. The van der Waals surface area contributed by atoms with E-state index in [1.54, 1.807) is 6.92 Å². The lowest BCUT2D eigenvalue weighted by Crippen LogP contribution is -2.18. The molecule has 0 aliphatic heterocycles. The van der Waals surface area contributed by atoms with E-state index in [0.29, 0.717) is 6.61 Å². The number of aliphatic hydroxyl groups excluding tert-OH is 1. The zero-order valence-corrected chi connectivity index (χ0v) is 8.04. The summed E-state index contributed by atoms with van der Waals surface area (Å²) in [4.78, 5) is 10.3. The number of carbonyl (C=O) groups is 1. The number of carbonyl (C=O) groups excluding carboxylic acids is 1. The summed E-state index contributed by atoms with van der Waals surface area (Å²) in [5.41, 5.74) is 0. The molecule has 1 unspecified atom stereocenters. The molecular formula is C9H18O3. The van der Waals surface area contributed by atoms with E-state index in [2.05, 4.69) is 18.2 Å². The maximum absolute atomic E-state index is 10.3. The topological polar surface area (TPSA) is 46.5 Å². The molecule has 0 aromatic carbocycles. The molecule has 0 amide bonds. The van der Waals surface area contributed by atoms with Crippen LogP contribution in [0.2, 0.25) is 0 Å². The van der Waals surface area contributed by atoms with Crippen LogP contribution in [0.4, 0.5) is 0 Å². The molecule has 0 fully saturated rings.